The third-order valence-corrected chi connectivity index (χ3v) is 4.10. The fourth-order valence-electron chi connectivity index (χ4n) is 1.80. The number of benzene rings is 1. The van der Waals surface area contributed by atoms with E-state index in [1.165, 1.54) is 6.07 Å². The van der Waals surface area contributed by atoms with Crippen LogP contribution >= 0.6 is 31.9 Å². The minimum atomic E-state index is -0.280. The first kappa shape index (κ1) is 13.8. The monoisotopic (exact) mass is 375 g/mol. The fourth-order valence-corrected chi connectivity index (χ4v) is 2.73. The first-order valence-electron chi connectivity index (χ1n) is 5.55. The van der Waals surface area contributed by atoms with Gasteiger partial charge in [-0.05, 0) is 56.1 Å². The Hall–Kier alpha value is -0.650. The maximum Gasteiger partial charge on any atom is 0.139 e. The Balaban J connectivity index is 2.48. The van der Waals surface area contributed by atoms with Gasteiger partial charge in [0.1, 0.15) is 11.6 Å². The van der Waals surface area contributed by atoms with Crippen LogP contribution < -0.4 is 5.32 Å². The van der Waals surface area contributed by atoms with Crippen molar-refractivity contribution >= 4 is 31.9 Å². The lowest BCUT2D eigenvalue weighted by Crippen LogP contribution is -2.22. The number of hydrogen-bond donors (Lipinski definition) is 1. The van der Waals surface area contributed by atoms with Gasteiger partial charge in [0.25, 0.3) is 0 Å². The van der Waals surface area contributed by atoms with Gasteiger partial charge in [0.2, 0.25) is 0 Å². The Morgan fingerprint density at radius 1 is 1.33 bits per heavy atom. The van der Waals surface area contributed by atoms with Crippen LogP contribution in [-0.4, -0.2) is 6.54 Å². The van der Waals surface area contributed by atoms with Crippen LogP contribution in [0.1, 0.15) is 24.3 Å². The zero-order chi connectivity index (χ0) is 13.1. The normalized spacial score (nSPS) is 12.7. The van der Waals surface area contributed by atoms with Gasteiger partial charge in [-0.15, -0.1) is 0 Å². The fraction of sp³-hybridized carbons (Fsp3) is 0.231. The SMILES string of the molecule is CCNC(c1cccc(F)c1Br)c1occc1Br. The molecule has 96 valence electrons. The van der Waals surface area contributed by atoms with Crippen molar-refractivity contribution < 1.29 is 8.81 Å². The van der Waals surface area contributed by atoms with Gasteiger partial charge < -0.3 is 9.73 Å². The quantitative estimate of drug-likeness (QED) is 0.840. The molecule has 0 saturated carbocycles. The molecule has 2 aromatic rings. The summed E-state index contributed by atoms with van der Waals surface area (Å²) in [4.78, 5) is 0. The maximum absolute atomic E-state index is 13.6. The molecule has 2 rings (SSSR count). The van der Waals surface area contributed by atoms with Crippen molar-refractivity contribution in [3.63, 3.8) is 0 Å². The molecular formula is C13H12Br2FNO. The van der Waals surface area contributed by atoms with Crippen LogP contribution in [0.3, 0.4) is 0 Å². The Morgan fingerprint density at radius 3 is 2.72 bits per heavy atom. The molecule has 0 fully saturated rings. The summed E-state index contributed by atoms with van der Waals surface area (Å²) in [6.07, 6.45) is 1.61. The first-order chi connectivity index (χ1) is 8.65. The van der Waals surface area contributed by atoms with Crippen LogP contribution in [0.5, 0.6) is 0 Å². The molecule has 1 aromatic heterocycles. The number of furan rings is 1. The lowest BCUT2D eigenvalue weighted by Gasteiger charge is -2.18. The lowest BCUT2D eigenvalue weighted by molar-refractivity contribution is 0.447. The molecule has 0 spiro atoms. The van der Waals surface area contributed by atoms with E-state index >= 15 is 0 Å². The van der Waals surface area contributed by atoms with Crippen LogP contribution in [0.15, 0.2) is 43.9 Å². The molecule has 0 aliphatic carbocycles. The summed E-state index contributed by atoms with van der Waals surface area (Å²) in [5, 5.41) is 3.29. The summed E-state index contributed by atoms with van der Waals surface area (Å²) in [6.45, 7) is 2.75. The predicted molar refractivity (Wildman–Crippen MR) is 76.0 cm³/mol. The molecule has 0 radical (unpaired) electrons. The second-order valence-corrected chi connectivity index (χ2v) is 5.41. The standard InChI is InChI=1S/C13H12Br2FNO/c1-2-17-12(13-9(14)6-7-18-13)8-4-3-5-10(16)11(8)15/h3-7,12,17H,2H2,1H3. The minimum Gasteiger partial charge on any atom is -0.466 e. The predicted octanol–water partition coefficient (Wildman–Crippen LogP) is 4.64. The highest BCUT2D eigenvalue weighted by Crippen LogP contribution is 2.34. The molecule has 1 aromatic carbocycles. The molecule has 2 nitrogen and oxygen atoms in total. The minimum absolute atomic E-state index is 0.190. The molecular weight excluding hydrogens is 365 g/mol. The molecule has 0 saturated heterocycles. The highest BCUT2D eigenvalue weighted by atomic mass is 79.9. The van der Waals surface area contributed by atoms with E-state index < -0.39 is 0 Å². The molecule has 1 N–H and O–H groups in total. The molecule has 0 aliphatic heterocycles. The Kier molecular flexibility index (Phi) is 4.59. The van der Waals surface area contributed by atoms with Gasteiger partial charge in [0, 0.05) is 0 Å². The van der Waals surface area contributed by atoms with E-state index in [9.17, 15) is 4.39 Å². The third kappa shape index (κ3) is 2.68. The highest BCUT2D eigenvalue weighted by Gasteiger charge is 2.22. The van der Waals surface area contributed by atoms with Crippen LogP contribution in [0, 0.1) is 5.82 Å². The van der Waals surface area contributed by atoms with E-state index in [-0.39, 0.29) is 11.9 Å². The first-order valence-corrected chi connectivity index (χ1v) is 7.14. The smallest absolute Gasteiger partial charge is 0.139 e. The summed E-state index contributed by atoms with van der Waals surface area (Å²) in [5.74, 6) is 0.459. The van der Waals surface area contributed by atoms with Crippen molar-refractivity contribution in [3.05, 3.63) is 56.6 Å². The Bertz CT molecular complexity index is 542. The second-order valence-electron chi connectivity index (χ2n) is 3.77. The van der Waals surface area contributed by atoms with Gasteiger partial charge in [-0.1, -0.05) is 19.1 Å². The summed E-state index contributed by atoms with van der Waals surface area (Å²) in [5.41, 5.74) is 0.813. The molecule has 5 heteroatoms. The van der Waals surface area contributed by atoms with E-state index in [1.807, 2.05) is 19.1 Å². The lowest BCUT2D eigenvalue weighted by atomic mass is 10.0. The van der Waals surface area contributed by atoms with Crippen LogP contribution in [0.2, 0.25) is 0 Å². The van der Waals surface area contributed by atoms with Crippen LogP contribution in [-0.2, 0) is 0 Å². The number of halogens is 3. The van der Waals surface area contributed by atoms with Crippen molar-refractivity contribution in [1.82, 2.24) is 5.32 Å². The van der Waals surface area contributed by atoms with E-state index in [0.717, 1.165) is 22.3 Å². The van der Waals surface area contributed by atoms with Crippen molar-refractivity contribution in [2.45, 2.75) is 13.0 Å². The molecule has 0 aliphatic rings. The van der Waals surface area contributed by atoms with Crippen molar-refractivity contribution in [1.29, 1.82) is 0 Å². The van der Waals surface area contributed by atoms with E-state index in [1.54, 1.807) is 12.3 Å². The molecule has 0 amide bonds. The van der Waals surface area contributed by atoms with Gasteiger partial charge >= 0.3 is 0 Å². The number of hydrogen-bond acceptors (Lipinski definition) is 2. The molecule has 1 atom stereocenters. The second kappa shape index (κ2) is 5.99. The van der Waals surface area contributed by atoms with Crippen LogP contribution in [0.4, 0.5) is 4.39 Å². The summed E-state index contributed by atoms with van der Waals surface area (Å²) >= 11 is 6.72. The average Bonchev–Trinajstić information content (AvgIpc) is 2.76. The molecule has 1 unspecified atom stereocenters. The van der Waals surface area contributed by atoms with E-state index in [4.69, 9.17) is 4.42 Å². The van der Waals surface area contributed by atoms with E-state index in [0.29, 0.717) is 4.47 Å². The van der Waals surface area contributed by atoms with Gasteiger partial charge in [0.05, 0.1) is 21.3 Å². The van der Waals surface area contributed by atoms with Gasteiger partial charge in [-0.25, -0.2) is 4.39 Å². The zero-order valence-electron chi connectivity index (χ0n) is 9.71. The Labute approximate surface area is 122 Å². The largest absolute Gasteiger partial charge is 0.466 e. The van der Waals surface area contributed by atoms with E-state index in [2.05, 4.69) is 37.2 Å². The third-order valence-electron chi connectivity index (χ3n) is 2.61. The van der Waals surface area contributed by atoms with Gasteiger partial charge in [-0.2, -0.15) is 0 Å². The topological polar surface area (TPSA) is 25.2 Å². The summed E-state index contributed by atoms with van der Waals surface area (Å²) < 4.78 is 20.4. The van der Waals surface area contributed by atoms with Crippen LogP contribution in [0.25, 0.3) is 0 Å². The van der Waals surface area contributed by atoms with Crippen molar-refractivity contribution in [2.75, 3.05) is 6.54 Å². The zero-order valence-corrected chi connectivity index (χ0v) is 12.9. The van der Waals surface area contributed by atoms with Crippen molar-refractivity contribution in [3.8, 4) is 0 Å². The van der Waals surface area contributed by atoms with Crippen molar-refractivity contribution in [2.24, 2.45) is 0 Å². The maximum atomic E-state index is 13.6. The molecule has 1 heterocycles. The van der Waals surface area contributed by atoms with Gasteiger partial charge in [0.15, 0.2) is 0 Å². The summed E-state index contributed by atoms with van der Waals surface area (Å²) in [6, 6.07) is 6.62. The molecule has 18 heavy (non-hydrogen) atoms. The number of nitrogens with one attached hydrogen (secondary N) is 1. The average molecular weight is 377 g/mol. The molecule has 0 bridgehead atoms. The van der Waals surface area contributed by atoms with Gasteiger partial charge in [-0.3, -0.25) is 0 Å². The highest BCUT2D eigenvalue weighted by molar-refractivity contribution is 9.10. The summed E-state index contributed by atoms with van der Waals surface area (Å²) in [7, 11) is 0. The Morgan fingerprint density at radius 2 is 2.11 bits per heavy atom. The number of rotatable bonds is 4.